The number of hydrogen-bond donors (Lipinski definition) is 2. The number of anilines is 1. The summed E-state index contributed by atoms with van der Waals surface area (Å²) < 4.78 is 43.9. The van der Waals surface area contributed by atoms with Crippen molar-refractivity contribution in [3.05, 3.63) is 23.8 Å². The number of carbonyl (C=O) groups is 1. The normalized spacial score (nSPS) is 19.1. The molecule has 0 saturated carbocycles. The van der Waals surface area contributed by atoms with Crippen molar-refractivity contribution in [1.82, 2.24) is 5.32 Å². The van der Waals surface area contributed by atoms with Crippen molar-refractivity contribution in [2.45, 2.75) is 31.5 Å². The highest BCUT2D eigenvalue weighted by atomic mass is 19.4. The molecule has 1 aromatic rings. The van der Waals surface area contributed by atoms with E-state index >= 15 is 0 Å². The van der Waals surface area contributed by atoms with E-state index in [1.54, 1.807) is 0 Å². The molecule has 1 atom stereocenters. The summed E-state index contributed by atoms with van der Waals surface area (Å²) in [5, 5.41) is 5.36. The van der Waals surface area contributed by atoms with Crippen LogP contribution in [0.15, 0.2) is 18.2 Å². The molecule has 1 fully saturated rings. The number of hydrogen-bond acceptors (Lipinski definition) is 3. The number of benzene rings is 1. The van der Waals surface area contributed by atoms with Gasteiger partial charge in [-0.25, -0.2) is 0 Å². The van der Waals surface area contributed by atoms with E-state index < -0.39 is 23.7 Å². The average Bonchev–Trinajstić information content (AvgIpc) is 2.47. The topological polar surface area (TPSA) is 50.4 Å². The highest BCUT2D eigenvalue weighted by Gasteiger charge is 2.35. The molecule has 0 unspecified atom stereocenters. The second-order valence-electron chi connectivity index (χ2n) is 4.90. The minimum atomic E-state index is -4.56. The number of piperidine rings is 1. The van der Waals surface area contributed by atoms with Crippen LogP contribution in [-0.2, 0) is 11.0 Å². The molecule has 0 spiro atoms. The first-order valence-corrected chi connectivity index (χ1v) is 6.71. The van der Waals surface area contributed by atoms with E-state index in [1.807, 2.05) is 0 Å². The Labute approximate surface area is 120 Å². The van der Waals surface area contributed by atoms with Gasteiger partial charge in [0.2, 0.25) is 5.91 Å². The Balaban J connectivity index is 2.20. The molecule has 116 valence electrons. The average molecular weight is 302 g/mol. The fraction of sp³-hybridized carbons (Fsp3) is 0.500. The van der Waals surface area contributed by atoms with Crippen LogP contribution in [0.5, 0.6) is 5.75 Å². The number of carbonyl (C=O) groups excluding carboxylic acids is 1. The number of nitrogens with one attached hydrogen (secondary N) is 2. The summed E-state index contributed by atoms with van der Waals surface area (Å²) in [6.07, 6.45) is -2.07. The maximum atomic E-state index is 13.0. The van der Waals surface area contributed by atoms with Crippen molar-refractivity contribution in [1.29, 1.82) is 0 Å². The monoisotopic (exact) mass is 302 g/mol. The molecule has 2 rings (SSSR count). The number of amides is 1. The Morgan fingerprint density at radius 3 is 2.71 bits per heavy atom. The quantitative estimate of drug-likeness (QED) is 0.902. The number of methoxy groups -OCH3 is 1. The third-order valence-electron chi connectivity index (χ3n) is 3.42. The first kappa shape index (κ1) is 15.6. The van der Waals surface area contributed by atoms with E-state index in [0.717, 1.165) is 18.9 Å². The molecular formula is C14H17F3N2O2. The van der Waals surface area contributed by atoms with Gasteiger partial charge >= 0.3 is 6.18 Å². The maximum absolute atomic E-state index is 13.0. The summed E-state index contributed by atoms with van der Waals surface area (Å²) in [6, 6.07) is 3.03. The predicted molar refractivity (Wildman–Crippen MR) is 72.3 cm³/mol. The van der Waals surface area contributed by atoms with Crippen LogP contribution in [0.25, 0.3) is 0 Å². The summed E-state index contributed by atoms with van der Waals surface area (Å²) in [5.74, 6) is -0.346. The first-order valence-electron chi connectivity index (χ1n) is 6.71. The molecule has 1 saturated heterocycles. The fourth-order valence-corrected chi connectivity index (χ4v) is 2.29. The van der Waals surface area contributed by atoms with Crippen molar-refractivity contribution in [2.75, 3.05) is 19.0 Å². The molecule has 1 heterocycles. The molecule has 1 amide bonds. The standard InChI is InChI=1S/C14H17F3N2O2/c1-21-9-5-6-11(10(8-9)14(15,16)17)19-13(20)12-4-2-3-7-18-12/h5-6,8,12,18H,2-4,7H2,1H3,(H,19,20)/t12-/m1/s1. The third-order valence-corrected chi connectivity index (χ3v) is 3.42. The lowest BCUT2D eigenvalue weighted by molar-refractivity contribution is -0.137. The Bertz CT molecular complexity index is 511. The van der Waals surface area contributed by atoms with Crippen molar-refractivity contribution >= 4 is 11.6 Å². The number of ether oxygens (including phenoxy) is 1. The fourth-order valence-electron chi connectivity index (χ4n) is 2.29. The highest BCUT2D eigenvalue weighted by Crippen LogP contribution is 2.37. The largest absolute Gasteiger partial charge is 0.497 e. The van der Waals surface area contributed by atoms with Crippen molar-refractivity contribution in [2.24, 2.45) is 0 Å². The zero-order chi connectivity index (χ0) is 15.5. The van der Waals surface area contributed by atoms with E-state index in [1.165, 1.54) is 19.2 Å². The van der Waals surface area contributed by atoms with Crippen LogP contribution in [0.3, 0.4) is 0 Å². The molecule has 0 radical (unpaired) electrons. The van der Waals surface area contributed by atoms with Crippen molar-refractivity contribution in [3.8, 4) is 5.75 Å². The molecule has 1 aromatic carbocycles. The predicted octanol–water partition coefficient (Wildman–Crippen LogP) is 2.79. The summed E-state index contributed by atoms with van der Waals surface area (Å²) in [4.78, 5) is 12.0. The SMILES string of the molecule is COc1ccc(NC(=O)[C@H]2CCCCN2)c(C(F)(F)F)c1. The number of rotatable bonds is 3. The van der Waals surface area contributed by atoms with Crippen LogP contribution in [0.2, 0.25) is 0 Å². The van der Waals surface area contributed by atoms with E-state index in [-0.39, 0.29) is 11.4 Å². The lowest BCUT2D eigenvalue weighted by Gasteiger charge is -2.23. The minimum absolute atomic E-state index is 0.0936. The molecule has 0 aliphatic carbocycles. The Hall–Kier alpha value is -1.76. The van der Waals surface area contributed by atoms with Crippen LogP contribution in [0, 0.1) is 0 Å². The molecular weight excluding hydrogens is 285 g/mol. The highest BCUT2D eigenvalue weighted by molar-refractivity contribution is 5.95. The zero-order valence-corrected chi connectivity index (χ0v) is 11.6. The zero-order valence-electron chi connectivity index (χ0n) is 11.6. The Morgan fingerprint density at radius 1 is 1.38 bits per heavy atom. The van der Waals surface area contributed by atoms with Crippen LogP contribution < -0.4 is 15.4 Å². The smallest absolute Gasteiger partial charge is 0.418 e. The van der Waals surface area contributed by atoms with E-state index in [9.17, 15) is 18.0 Å². The Morgan fingerprint density at radius 2 is 2.14 bits per heavy atom. The lowest BCUT2D eigenvalue weighted by atomic mass is 10.0. The number of halogens is 3. The van der Waals surface area contributed by atoms with Crippen LogP contribution in [0.4, 0.5) is 18.9 Å². The summed E-state index contributed by atoms with van der Waals surface area (Å²) in [6.45, 7) is 0.701. The van der Waals surface area contributed by atoms with Gasteiger partial charge in [0.1, 0.15) is 5.75 Å². The molecule has 7 heteroatoms. The Kier molecular flexibility index (Phi) is 4.72. The lowest BCUT2D eigenvalue weighted by Crippen LogP contribution is -2.43. The van der Waals surface area contributed by atoms with E-state index in [2.05, 4.69) is 10.6 Å². The molecule has 0 aromatic heterocycles. The molecule has 0 bridgehead atoms. The van der Waals surface area contributed by atoms with Gasteiger partial charge in [0, 0.05) is 0 Å². The van der Waals surface area contributed by atoms with E-state index in [0.29, 0.717) is 13.0 Å². The van der Waals surface area contributed by atoms with Crippen molar-refractivity contribution in [3.63, 3.8) is 0 Å². The molecule has 21 heavy (non-hydrogen) atoms. The molecule has 1 aliphatic rings. The third kappa shape index (κ3) is 3.87. The van der Waals surface area contributed by atoms with E-state index in [4.69, 9.17) is 4.74 Å². The second-order valence-corrected chi connectivity index (χ2v) is 4.90. The maximum Gasteiger partial charge on any atom is 0.418 e. The van der Waals surface area contributed by atoms with Crippen molar-refractivity contribution < 1.29 is 22.7 Å². The summed E-state index contributed by atoms with van der Waals surface area (Å²) in [5.41, 5.74) is -1.16. The first-order chi connectivity index (χ1) is 9.91. The molecule has 4 nitrogen and oxygen atoms in total. The summed E-state index contributed by atoms with van der Waals surface area (Å²) in [7, 11) is 1.29. The van der Waals surface area contributed by atoms with Gasteiger partial charge in [-0.1, -0.05) is 6.42 Å². The van der Waals surface area contributed by atoms with Gasteiger partial charge in [0.05, 0.1) is 24.4 Å². The van der Waals surface area contributed by atoms with Gasteiger partial charge in [-0.2, -0.15) is 13.2 Å². The van der Waals surface area contributed by atoms with Gasteiger partial charge in [-0.3, -0.25) is 4.79 Å². The second kappa shape index (κ2) is 6.34. The van der Waals surface area contributed by atoms with Crippen LogP contribution >= 0.6 is 0 Å². The van der Waals surface area contributed by atoms with Gasteiger partial charge < -0.3 is 15.4 Å². The van der Waals surface area contributed by atoms with Crippen LogP contribution in [0.1, 0.15) is 24.8 Å². The molecule has 2 N–H and O–H groups in total. The van der Waals surface area contributed by atoms with Gasteiger partial charge in [0.15, 0.2) is 0 Å². The minimum Gasteiger partial charge on any atom is -0.497 e. The summed E-state index contributed by atoms with van der Waals surface area (Å²) >= 11 is 0. The van der Waals surface area contributed by atoms with Gasteiger partial charge in [-0.05, 0) is 37.6 Å². The number of alkyl halides is 3. The van der Waals surface area contributed by atoms with Gasteiger partial charge in [0.25, 0.3) is 0 Å². The van der Waals surface area contributed by atoms with Crippen LogP contribution in [-0.4, -0.2) is 25.6 Å². The van der Waals surface area contributed by atoms with Gasteiger partial charge in [-0.15, -0.1) is 0 Å². The molecule has 1 aliphatic heterocycles.